The van der Waals surface area contributed by atoms with Crippen molar-refractivity contribution in [2.45, 2.75) is 37.1 Å². The van der Waals surface area contributed by atoms with E-state index in [1.54, 1.807) is 10.4 Å². The van der Waals surface area contributed by atoms with Gasteiger partial charge < -0.3 is 0 Å². The molecule has 7 heteroatoms. The molecule has 102 valence electrons. The van der Waals surface area contributed by atoms with E-state index in [2.05, 4.69) is 22.9 Å². The molecule has 0 amide bonds. The van der Waals surface area contributed by atoms with E-state index >= 15 is 0 Å². The van der Waals surface area contributed by atoms with Gasteiger partial charge in [0.25, 0.3) is 0 Å². The first-order valence-electron chi connectivity index (χ1n) is 5.72. The third-order valence-corrected chi connectivity index (χ3v) is 7.83. The molecule has 0 radical (unpaired) electrons. The van der Waals surface area contributed by atoms with Gasteiger partial charge in [-0.1, -0.05) is 6.92 Å². The topological polar surface area (TPSA) is 37.4 Å². The average molecular weight is 373 g/mol. The molecule has 1 aromatic rings. The molecule has 0 saturated carbocycles. The molecule has 0 bridgehead atoms. The van der Waals surface area contributed by atoms with Crippen LogP contribution in [0.2, 0.25) is 0 Å². The maximum atomic E-state index is 12.6. The van der Waals surface area contributed by atoms with Gasteiger partial charge in [0.15, 0.2) is 0 Å². The van der Waals surface area contributed by atoms with Crippen LogP contribution in [0.1, 0.15) is 25.1 Å². The minimum absolute atomic E-state index is 0.0660. The predicted octanol–water partition coefficient (Wildman–Crippen LogP) is 3.67. The Balaban J connectivity index is 2.39. The highest BCUT2D eigenvalue weighted by Gasteiger charge is 2.37. The molecule has 2 unspecified atom stereocenters. The Morgan fingerprint density at radius 1 is 1.56 bits per heavy atom. The van der Waals surface area contributed by atoms with Gasteiger partial charge in [-0.2, -0.15) is 4.31 Å². The van der Waals surface area contributed by atoms with Crippen molar-refractivity contribution in [1.82, 2.24) is 4.31 Å². The molecule has 1 aliphatic rings. The van der Waals surface area contributed by atoms with Gasteiger partial charge in [-0.05, 0) is 41.3 Å². The molecule has 2 rings (SSSR count). The van der Waals surface area contributed by atoms with Crippen molar-refractivity contribution in [3.05, 3.63) is 14.7 Å². The molecule has 0 aromatic carbocycles. The smallest absolute Gasteiger partial charge is 0.207 e. The molecule has 1 aliphatic heterocycles. The number of alkyl halides is 1. The standard InChI is InChI=1S/C11H15BrClNO2S2/c1-7-3-8(2)14(6-7)18(15,16)10-4-9(5-13)17-11(10)12/h4,7-8H,3,5-6H2,1-2H3. The fourth-order valence-electron chi connectivity index (χ4n) is 2.36. The molecule has 2 heterocycles. The van der Waals surface area contributed by atoms with E-state index in [9.17, 15) is 8.42 Å². The second-order valence-electron chi connectivity index (χ2n) is 4.75. The fraction of sp³-hybridized carbons (Fsp3) is 0.636. The zero-order chi connectivity index (χ0) is 13.5. The first-order valence-corrected chi connectivity index (χ1v) is 9.30. The highest BCUT2D eigenvalue weighted by Crippen LogP contribution is 2.37. The first kappa shape index (κ1) is 14.8. The zero-order valence-electron chi connectivity index (χ0n) is 10.2. The maximum absolute atomic E-state index is 12.6. The van der Waals surface area contributed by atoms with E-state index in [4.69, 9.17) is 11.6 Å². The largest absolute Gasteiger partial charge is 0.245 e. The second-order valence-corrected chi connectivity index (χ2v) is 9.33. The van der Waals surface area contributed by atoms with Crippen LogP contribution in [0.5, 0.6) is 0 Å². The van der Waals surface area contributed by atoms with Gasteiger partial charge in [0, 0.05) is 17.5 Å². The third-order valence-electron chi connectivity index (χ3n) is 3.15. The van der Waals surface area contributed by atoms with Crippen LogP contribution in [-0.2, 0) is 15.9 Å². The summed E-state index contributed by atoms with van der Waals surface area (Å²) >= 11 is 10.5. The van der Waals surface area contributed by atoms with Crippen molar-refractivity contribution in [3.8, 4) is 0 Å². The molecule has 0 aliphatic carbocycles. The van der Waals surface area contributed by atoms with E-state index in [-0.39, 0.29) is 6.04 Å². The van der Waals surface area contributed by atoms with Crippen molar-refractivity contribution in [2.24, 2.45) is 5.92 Å². The molecular weight excluding hydrogens is 358 g/mol. The fourth-order valence-corrected chi connectivity index (χ4v) is 6.85. The molecule has 1 fully saturated rings. The van der Waals surface area contributed by atoms with Crippen LogP contribution in [0, 0.1) is 5.92 Å². The number of nitrogens with zero attached hydrogens (tertiary/aromatic N) is 1. The summed E-state index contributed by atoms with van der Waals surface area (Å²) in [5.41, 5.74) is 0. The van der Waals surface area contributed by atoms with Crippen molar-refractivity contribution >= 4 is 48.9 Å². The summed E-state index contributed by atoms with van der Waals surface area (Å²) in [5, 5.41) is 0. The van der Waals surface area contributed by atoms with Crippen molar-refractivity contribution in [3.63, 3.8) is 0 Å². The van der Waals surface area contributed by atoms with Crippen LogP contribution in [0.25, 0.3) is 0 Å². The Morgan fingerprint density at radius 2 is 2.22 bits per heavy atom. The van der Waals surface area contributed by atoms with Crippen molar-refractivity contribution in [1.29, 1.82) is 0 Å². The highest BCUT2D eigenvalue weighted by atomic mass is 79.9. The van der Waals surface area contributed by atoms with Crippen molar-refractivity contribution in [2.75, 3.05) is 6.54 Å². The lowest BCUT2D eigenvalue weighted by Gasteiger charge is -2.20. The Bertz CT molecular complexity index is 543. The molecule has 2 atom stereocenters. The van der Waals surface area contributed by atoms with Gasteiger partial charge in [0.2, 0.25) is 10.0 Å². The monoisotopic (exact) mass is 371 g/mol. The van der Waals surface area contributed by atoms with E-state index < -0.39 is 10.0 Å². The summed E-state index contributed by atoms with van der Waals surface area (Å²) in [6.07, 6.45) is 0.920. The summed E-state index contributed by atoms with van der Waals surface area (Å²) in [7, 11) is -3.40. The number of sulfonamides is 1. The lowest BCUT2D eigenvalue weighted by molar-refractivity contribution is 0.405. The minimum atomic E-state index is -3.40. The summed E-state index contributed by atoms with van der Waals surface area (Å²) < 4.78 is 27.4. The van der Waals surface area contributed by atoms with E-state index in [1.165, 1.54) is 11.3 Å². The quantitative estimate of drug-likeness (QED) is 0.759. The van der Waals surface area contributed by atoms with Crippen LogP contribution in [-0.4, -0.2) is 25.3 Å². The first-order chi connectivity index (χ1) is 8.36. The van der Waals surface area contributed by atoms with Gasteiger partial charge in [-0.25, -0.2) is 8.42 Å². The van der Waals surface area contributed by atoms with E-state index in [0.717, 1.165) is 11.3 Å². The molecule has 3 nitrogen and oxygen atoms in total. The predicted molar refractivity (Wildman–Crippen MR) is 78.7 cm³/mol. The number of thiophene rings is 1. The normalized spacial score (nSPS) is 25.8. The Hall–Kier alpha value is 0.380. The number of hydrogen-bond acceptors (Lipinski definition) is 3. The summed E-state index contributed by atoms with van der Waals surface area (Å²) in [4.78, 5) is 1.21. The molecule has 1 aromatic heterocycles. The lowest BCUT2D eigenvalue weighted by Crippen LogP contribution is -2.33. The second kappa shape index (κ2) is 5.40. The van der Waals surface area contributed by atoms with Gasteiger partial charge in [0.05, 0.1) is 9.67 Å². The van der Waals surface area contributed by atoms with Crippen LogP contribution >= 0.6 is 38.9 Å². The lowest BCUT2D eigenvalue weighted by atomic mass is 10.1. The molecule has 18 heavy (non-hydrogen) atoms. The zero-order valence-corrected chi connectivity index (χ0v) is 14.2. The summed E-state index contributed by atoms with van der Waals surface area (Å²) in [6.45, 7) is 4.64. The Morgan fingerprint density at radius 3 is 2.67 bits per heavy atom. The summed E-state index contributed by atoms with van der Waals surface area (Å²) in [6, 6.07) is 1.74. The molecule has 1 saturated heterocycles. The average Bonchev–Trinajstić information content (AvgIpc) is 2.82. The van der Waals surface area contributed by atoms with Gasteiger partial charge in [-0.3, -0.25) is 0 Å². The number of hydrogen-bond donors (Lipinski definition) is 0. The van der Waals surface area contributed by atoms with E-state index in [0.29, 0.717) is 27.0 Å². The van der Waals surface area contributed by atoms with Crippen LogP contribution in [0.15, 0.2) is 14.7 Å². The van der Waals surface area contributed by atoms with Crippen LogP contribution in [0.4, 0.5) is 0 Å². The molecule has 0 N–H and O–H groups in total. The van der Waals surface area contributed by atoms with Gasteiger partial charge in [0.1, 0.15) is 4.90 Å². The highest BCUT2D eigenvalue weighted by molar-refractivity contribution is 9.11. The SMILES string of the molecule is CC1CC(C)N(S(=O)(=O)c2cc(CCl)sc2Br)C1. The van der Waals surface area contributed by atoms with Gasteiger partial charge in [-0.15, -0.1) is 22.9 Å². The van der Waals surface area contributed by atoms with Crippen LogP contribution in [0.3, 0.4) is 0 Å². The maximum Gasteiger partial charge on any atom is 0.245 e. The van der Waals surface area contributed by atoms with Gasteiger partial charge >= 0.3 is 0 Å². The molecular formula is C11H15BrClNO2S2. The summed E-state index contributed by atoms with van der Waals surface area (Å²) in [5.74, 6) is 0.754. The Labute approximate surface area is 125 Å². The van der Waals surface area contributed by atoms with Crippen LogP contribution < -0.4 is 0 Å². The minimum Gasteiger partial charge on any atom is -0.207 e. The van der Waals surface area contributed by atoms with E-state index in [1.807, 2.05) is 6.92 Å². The number of halogens is 2. The Kier molecular flexibility index (Phi) is 4.44. The third kappa shape index (κ3) is 2.63. The van der Waals surface area contributed by atoms with Crippen molar-refractivity contribution < 1.29 is 8.42 Å². The number of rotatable bonds is 3. The molecule has 0 spiro atoms.